The first kappa shape index (κ1) is 13.1. The van der Waals surface area contributed by atoms with Gasteiger partial charge in [0.1, 0.15) is 0 Å². The van der Waals surface area contributed by atoms with Gasteiger partial charge in [-0.25, -0.2) is 0 Å². The largest absolute Gasteiger partial charge is 0.339 e. The van der Waals surface area contributed by atoms with E-state index in [9.17, 15) is 4.79 Å². The molecule has 1 heterocycles. The number of likely N-dealkylation sites (tertiary alicyclic amines) is 1. The Morgan fingerprint density at radius 3 is 2.78 bits per heavy atom. The summed E-state index contributed by atoms with van der Waals surface area (Å²) < 4.78 is 0. The Labute approximate surface area is 112 Å². The third kappa shape index (κ3) is 3.34. The number of hydrogen-bond donors (Lipinski definition) is 1. The SMILES string of the molecule is NCC1CCN(C(=O)/C=C/c2ccc(Cl)cc2)C1. The average molecular weight is 265 g/mol. The molecule has 1 amide bonds. The number of nitrogens with two attached hydrogens (primary N) is 1. The van der Waals surface area contributed by atoms with E-state index in [2.05, 4.69) is 0 Å². The Hall–Kier alpha value is -1.32. The lowest BCUT2D eigenvalue weighted by atomic mass is 10.1. The number of halogens is 1. The highest BCUT2D eigenvalue weighted by molar-refractivity contribution is 6.30. The molecule has 18 heavy (non-hydrogen) atoms. The summed E-state index contributed by atoms with van der Waals surface area (Å²) in [5, 5.41) is 0.698. The van der Waals surface area contributed by atoms with Gasteiger partial charge in [-0.1, -0.05) is 23.7 Å². The van der Waals surface area contributed by atoms with E-state index in [4.69, 9.17) is 17.3 Å². The Bertz CT molecular complexity index is 442. The number of carbonyl (C=O) groups excluding carboxylic acids is 1. The molecule has 2 N–H and O–H groups in total. The predicted octanol–water partition coefficient (Wildman–Crippen LogP) is 2.16. The van der Waals surface area contributed by atoms with E-state index < -0.39 is 0 Å². The second kappa shape index (κ2) is 6.03. The Balaban J connectivity index is 1.93. The van der Waals surface area contributed by atoms with Crippen LogP contribution in [0.15, 0.2) is 30.3 Å². The molecule has 1 fully saturated rings. The number of amides is 1. The molecule has 0 bridgehead atoms. The summed E-state index contributed by atoms with van der Waals surface area (Å²) in [6.07, 6.45) is 4.44. The topological polar surface area (TPSA) is 46.3 Å². The zero-order valence-electron chi connectivity index (χ0n) is 10.2. The van der Waals surface area contributed by atoms with Crippen molar-refractivity contribution in [1.82, 2.24) is 4.90 Å². The van der Waals surface area contributed by atoms with Crippen LogP contribution in [0.25, 0.3) is 6.08 Å². The fourth-order valence-electron chi connectivity index (χ4n) is 2.07. The molecule has 3 nitrogen and oxygen atoms in total. The molecule has 4 heteroatoms. The minimum absolute atomic E-state index is 0.0564. The van der Waals surface area contributed by atoms with Gasteiger partial charge in [0, 0.05) is 24.2 Å². The van der Waals surface area contributed by atoms with Gasteiger partial charge in [-0.2, -0.15) is 0 Å². The normalized spacial score (nSPS) is 19.7. The first-order valence-corrected chi connectivity index (χ1v) is 6.49. The summed E-state index contributed by atoms with van der Waals surface area (Å²) in [5.74, 6) is 0.513. The summed E-state index contributed by atoms with van der Waals surface area (Å²) in [6.45, 7) is 2.25. The minimum atomic E-state index is 0.0564. The smallest absolute Gasteiger partial charge is 0.246 e. The second-order valence-electron chi connectivity index (χ2n) is 4.56. The van der Waals surface area contributed by atoms with Crippen LogP contribution >= 0.6 is 11.6 Å². The Kier molecular flexibility index (Phi) is 4.39. The van der Waals surface area contributed by atoms with E-state index in [0.29, 0.717) is 17.5 Å². The lowest BCUT2D eigenvalue weighted by Crippen LogP contribution is -2.28. The quantitative estimate of drug-likeness (QED) is 0.851. The van der Waals surface area contributed by atoms with Crippen molar-refractivity contribution < 1.29 is 4.79 Å². The molecule has 1 saturated heterocycles. The Morgan fingerprint density at radius 2 is 2.17 bits per heavy atom. The van der Waals surface area contributed by atoms with Crippen LogP contribution in [-0.4, -0.2) is 30.4 Å². The monoisotopic (exact) mass is 264 g/mol. The molecule has 2 rings (SSSR count). The van der Waals surface area contributed by atoms with Crippen LogP contribution < -0.4 is 5.73 Å². The fourth-order valence-corrected chi connectivity index (χ4v) is 2.20. The summed E-state index contributed by atoms with van der Waals surface area (Å²) >= 11 is 5.80. The molecule has 96 valence electrons. The fraction of sp³-hybridized carbons (Fsp3) is 0.357. The highest BCUT2D eigenvalue weighted by atomic mass is 35.5. The van der Waals surface area contributed by atoms with E-state index in [1.54, 1.807) is 6.08 Å². The minimum Gasteiger partial charge on any atom is -0.339 e. The molecular weight excluding hydrogens is 248 g/mol. The van der Waals surface area contributed by atoms with Gasteiger partial charge in [0.25, 0.3) is 0 Å². The van der Waals surface area contributed by atoms with Crippen molar-refractivity contribution in [3.05, 3.63) is 40.9 Å². The van der Waals surface area contributed by atoms with Gasteiger partial charge >= 0.3 is 0 Å². The number of carbonyl (C=O) groups is 1. The first-order chi connectivity index (χ1) is 8.69. The van der Waals surface area contributed by atoms with Gasteiger partial charge in [-0.3, -0.25) is 4.79 Å². The standard InChI is InChI=1S/C14H17ClN2O/c15-13-4-1-11(2-5-13)3-6-14(18)17-8-7-12(9-16)10-17/h1-6,12H,7-10,16H2/b6-3+. The van der Waals surface area contributed by atoms with Gasteiger partial charge in [-0.05, 0) is 42.7 Å². The average Bonchev–Trinajstić information content (AvgIpc) is 2.86. The summed E-state index contributed by atoms with van der Waals surface area (Å²) in [6, 6.07) is 7.40. The molecule has 0 saturated carbocycles. The highest BCUT2D eigenvalue weighted by Gasteiger charge is 2.23. The summed E-state index contributed by atoms with van der Waals surface area (Å²) in [7, 11) is 0. The number of rotatable bonds is 3. The lowest BCUT2D eigenvalue weighted by Gasteiger charge is -2.13. The maximum Gasteiger partial charge on any atom is 0.246 e. The van der Waals surface area contributed by atoms with E-state index in [1.165, 1.54) is 0 Å². The van der Waals surface area contributed by atoms with Crippen LogP contribution in [0.3, 0.4) is 0 Å². The first-order valence-electron chi connectivity index (χ1n) is 6.11. The van der Waals surface area contributed by atoms with E-state index in [1.807, 2.05) is 35.2 Å². The third-order valence-corrected chi connectivity index (χ3v) is 3.47. The molecule has 0 aliphatic carbocycles. The van der Waals surface area contributed by atoms with Crippen molar-refractivity contribution >= 4 is 23.6 Å². The predicted molar refractivity (Wildman–Crippen MR) is 74.2 cm³/mol. The number of benzene rings is 1. The van der Waals surface area contributed by atoms with E-state index in [-0.39, 0.29) is 5.91 Å². The van der Waals surface area contributed by atoms with Crippen molar-refractivity contribution in [3.63, 3.8) is 0 Å². The van der Waals surface area contributed by atoms with Crippen molar-refractivity contribution in [2.45, 2.75) is 6.42 Å². The second-order valence-corrected chi connectivity index (χ2v) is 5.00. The van der Waals surface area contributed by atoms with Gasteiger partial charge in [0.05, 0.1) is 0 Å². The zero-order chi connectivity index (χ0) is 13.0. The van der Waals surface area contributed by atoms with E-state index >= 15 is 0 Å². The van der Waals surface area contributed by atoms with E-state index in [0.717, 1.165) is 25.1 Å². The lowest BCUT2D eigenvalue weighted by molar-refractivity contribution is -0.125. The number of nitrogens with zero attached hydrogens (tertiary/aromatic N) is 1. The van der Waals surface area contributed by atoms with Gasteiger partial charge < -0.3 is 10.6 Å². The van der Waals surface area contributed by atoms with Gasteiger partial charge in [-0.15, -0.1) is 0 Å². The van der Waals surface area contributed by atoms with Crippen LogP contribution in [-0.2, 0) is 4.79 Å². The molecule has 0 radical (unpaired) electrons. The molecule has 1 aliphatic heterocycles. The van der Waals surface area contributed by atoms with Crippen LogP contribution in [0, 0.1) is 5.92 Å². The van der Waals surface area contributed by atoms with Crippen LogP contribution in [0.4, 0.5) is 0 Å². The molecule has 1 unspecified atom stereocenters. The molecule has 1 atom stereocenters. The molecule has 0 spiro atoms. The van der Waals surface area contributed by atoms with Crippen molar-refractivity contribution in [2.75, 3.05) is 19.6 Å². The van der Waals surface area contributed by atoms with Gasteiger partial charge in [0.2, 0.25) is 5.91 Å². The summed E-state index contributed by atoms with van der Waals surface area (Å²) in [4.78, 5) is 13.8. The third-order valence-electron chi connectivity index (χ3n) is 3.22. The Morgan fingerprint density at radius 1 is 1.44 bits per heavy atom. The highest BCUT2D eigenvalue weighted by Crippen LogP contribution is 2.16. The van der Waals surface area contributed by atoms with Gasteiger partial charge in [0.15, 0.2) is 0 Å². The zero-order valence-corrected chi connectivity index (χ0v) is 10.9. The number of hydrogen-bond acceptors (Lipinski definition) is 2. The molecule has 1 aliphatic rings. The van der Waals surface area contributed by atoms with Crippen LogP contribution in [0.2, 0.25) is 5.02 Å². The molecule has 0 aromatic heterocycles. The molecule has 1 aromatic rings. The maximum atomic E-state index is 11.9. The summed E-state index contributed by atoms with van der Waals surface area (Å²) in [5.41, 5.74) is 6.58. The van der Waals surface area contributed by atoms with Crippen LogP contribution in [0.1, 0.15) is 12.0 Å². The van der Waals surface area contributed by atoms with Crippen LogP contribution in [0.5, 0.6) is 0 Å². The van der Waals surface area contributed by atoms with Crippen molar-refractivity contribution in [2.24, 2.45) is 11.7 Å². The maximum absolute atomic E-state index is 11.9. The molecular formula is C14H17ClN2O. The molecule has 1 aromatic carbocycles. The van der Waals surface area contributed by atoms with Crippen molar-refractivity contribution in [3.8, 4) is 0 Å². The van der Waals surface area contributed by atoms with Crippen molar-refractivity contribution in [1.29, 1.82) is 0 Å².